The SMILES string of the molecule is CC(=O)N1CCC(c2nc3ncc(C(=O)N4C[C@@H]5C(COc6cc(F)cc(F)c6)[C@@H]5C4)nc3n2C)CC1. The minimum atomic E-state index is -0.667. The Bertz CT molecular complexity index is 1350. The third-order valence-corrected chi connectivity index (χ3v) is 8.08. The fourth-order valence-corrected chi connectivity index (χ4v) is 5.92. The summed E-state index contributed by atoms with van der Waals surface area (Å²) in [6, 6.07) is 3.16. The fraction of sp³-hybridized carbons (Fsp3) is 0.500. The van der Waals surface area contributed by atoms with Gasteiger partial charge in [-0.15, -0.1) is 0 Å². The van der Waals surface area contributed by atoms with Crippen molar-refractivity contribution in [3.8, 4) is 5.75 Å². The van der Waals surface area contributed by atoms with E-state index in [1.165, 1.54) is 18.3 Å². The van der Waals surface area contributed by atoms with E-state index in [1.54, 1.807) is 11.8 Å². The molecule has 37 heavy (non-hydrogen) atoms. The molecule has 1 aliphatic carbocycles. The number of carbonyl (C=O) groups is 2. The molecule has 0 N–H and O–H groups in total. The minimum absolute atomic E-state index is 0.0929. The first-order valence-electron chi connectivity index (χ1n) is 12.6. The molecule has 3 fully saturated rings. The molecule has 0 bridgehead atoms. The van der Waals surface area contributed by atoms with E-state index in [9.17, 15) is 18.4 Å². The summed E-state index contributed by atoms with van der Waals surface area (Å²) < 4.78 is 34.2. The number of fused-ring (bicyclic) bond motifs is 2. The Hall–Kier alpha value is -3.63. The molecule has 194 valence electrons. The van der Waals surface area contributed by atoms with E-state index in [0.717, 1.165) is 24.7 Å². The highest BCUT2D eigenvalue weighted by Gasteiger charge is 2.57. The van der Waals surface area contributed by atoms with Gasteiger partial charge in [0.2, 0.25) is 5.91 Å². The molecule has 2 amide bonds. The number of nitrogens with zero attached hydrogens (tertiary/aromatic N) is 6. The molecule has 1 saturated carbocycles. The van der Waals surface area contributed by atoms with Gasteiger partial charge in [-0.1, -0.05) is 0 Å². The van der Waals surface area contributed by atoms with Gasteiger partial charge < -0.3 is 19.1 Å². The maximum absolute atomic E-state index is 13.4. The molecule has 0 spiro atoms. The first-order chi connectivity index (χ1) is 17.8. The van der Waals surface area contributed by atoms with Gasteiger partial charge in [0.25, 0.3) is 5.91 Å². The van der Waals surface area contributed by atoms with Gasteiger partial charge in [0, 0.05) is 70.2 Å². The third-order valence-electron chi connectivity index (χ3n) is 8.08. The normalized spacial score (nSPS) is 23.4. The lowest BCUT2D eigenvalue weighted by Crippen LogP contribution is -2.36. The number of rotatable bonds is 5. The van der Waals surface area contributed by atoms with E-state index in [-0.39, 0.29) is 35.1 Å². The Morgan fingerprint density at radius 1 is 1.03 bits per heavy atom. The maximum atomic E-state index is 13.4. The highest BCUT2D eigenvalue weighted by atomic mass is 19.1. The lowest BCUT2D eigenvalue weighted by Gasteiger charge is -2.30. The molecule has 6 rings (SSSR count). The van der Waals surface area contributed by atoms with E-state index >= 15 is 0 Å². The summed E-state index contributed by atoms with van der Waals surface area (Å²) in [5.74, 6) is 0.750. The molecular formula is C26H28F2N6O3. The average Bonchev–Trinajstić information content (AvgIpc) is 3.18. The van der Waals surface area contributed by atoms with Gasteiger partial charge in [0.1, 0.15) is 28.9 Å². The lowest BCUT2D eigenvalue weighted by atomic mass is 9.96. The monoisotopic (exact) mass is 510 g/mol. The second-order valence-electron chi connectivity index (χ2n) is 10.3. The largest absolute Gasteiger partial charge is 0.493 e. The number of hydrogen-bond donors (Lipinski definition) is 0. The Labute approximate surface area is 212 Å². The van der Waals surface area contributed by atoms with Crippen molar-refractivity contribution in [2.45, 2.75) is 25.7 Å². The third kappa shape index (κ3) is 4.40. The number of hydrogen-bond acceptors (Lipinski definition) is 6. The molecule has 3 aromatic rings. The smallest absolute Gasteiger partial charge is 0.274 e. The second kappa shape index (κ2) is 9.04. The number of ether oxygens (including phenoxy) is 1. The molecule has 1 unspecified atom stereocenters. The van der Waals surface area contributed by atoms with Crippen LogP contribution >= 0.6 is 0 Å². The van der Waals surface area contributed by atoms with Crippen molar-refractivity contribution in [1.29, 1.82) is 0 Å². The van der Waals surface area contributed by atoms with Gasteiger partial charge in [-0.2, -0.15) is 0 Å². The quantitative estimate of drug-likeness (QED) is 0.524. The Morgan fingerprint density at radius 2 is 1.70 bits per heavy atom. The van der Waals surface area contributed by atoms with Crippen molar-refractivity contribution >= 4 is 23.1 Å². The van der Waals surface area contributed by atoms with E-state index in [0.29, 0.717) is 55.9 Å². The average molecular weight is 511 g/mol. The number of likely N-dealkylation sites (tertiary alicyclic amines) is 2. The van der Waals surface area contributed by atoms with Crippen LogP contribution in [0.25, 0.3) is 11.3 Å². The Balaban J connectivity index is 1.08. The van der Waals surface area contributed by atoms with Gasteiger partial charge in [0.15, 0.2) is 11.3 Å². The predicted octanol–water partition coefficient (Wildman–Crippen LogP) is 2.76. The predicted molar refractivity (Wildman–Crippen MR) is 129 cm³/mol. The number of benzene rings is 1. The van der Waals surface area contributed by atoms with E-state index in [2.05, 4.69) is 15.0 Å². The summed E-state index contributed by atoms with van der Waals surface area (Å²) in [5, 5.41) is 0. The molecule has 2 aromatic heterocycles. The second-order valence-corrected chi connectivity index (χ2v) is 10.3. The van der Waals surface area contributed by atoms with Crippen LogP contribution in [0.2, 0.25) is 0 Å². The number of imidazole rings is 1. The van der Waals surface area contributed by atoms with Crippen LogP contribution in [0.15, 0.2) is 24.4 Å². The van der Waals surface area contributed by atoms with Crippen molar-refractivity contribution in [1.82, 2.24) is 29.3 Å². The summed E-state index contributed by atoms with van der Waals surface area (Å²) in [7, 11) is 1.89. The standard InChI is InChI=1S/C26H28F2N6O3/c1-14(35)33-5-3-15(4-6-33)24-31-23-25(32(24)2)30-22(10-29-23)26(36)34-11-19-20(12-34)21(19)13-37-18-8-16(27)7-17(28)9-18/h7-10,15,19-21H,3-6,11-13H2,1-2H3/t19-,20+,21?. The molecule has 3 atom stereocenters. The van der Waals surface area contributed by atoms with Gasteiger partial charge >= 0.3 is 0 Å². The van der Waals surface area contributed by atoms with Crippen LogP contribution in [-0.2, 0) is 11.8 Å². The van der Waals surface area contributed by atoms with Crippen LogP contribution in [0, 0.1) is 29.4 Å². The van der Waals surface area contributed by atoms with Crippen molar-refractivity contribution in [2.75, 3.05) is 32.8 Å². The molecule has 3 aliphatic rings. The number of carbonyl (C=O) groups excluding carboxylic acids is 2. The molecule has 9 nitrogen and oxygen atoms in total. The lowest BCUT2D eigenvalue weighted by molar-refractivity contribution is -0.129. The highest BCUT2D eigenvalue weighted by Crippen LogP contribution is 2.52. The zero-order valence-corrected chi connectivity index (χ0v) is 20.7. The zero-order valence-electron chi connectivity index (χ0n) is 20.7. The van der Waals surface area contributed by atoms with Crippen LogP contribution in [0.3, 0.4) is 0 Å². The van der Waals surface area contributed by atoms with Crippen LogP contribution in [0.4, 0.5) is 8.78 Å². The fourth-order valence-electron chi connectivity index (χ4n) is 5.92. The molecule has 4 heterocycles. The molecule has 2 aliphatic heterocycles. The number of aromatic nitrogens is 4. The highest BCUT2D eigenvalue weighted by molar-refractivity contribution is 5.93. The Morgan fingerprint density at radius 3 is 2.35 bits per heavy atom. The number of aryl methyl sites for hydroxylation is 1. The van der Waals surface area contributed by atoms with Crippen LogP contribution < -0.4 is 4.74 Å². The van der Waals surface area contributed by atoms with Gasteiger partial charge in [-0.3, -0.25) is 9.59 Å². The molecule has 11 heteroatoms. The topological polar surface area (TPSA) is 93.5 Å². The van der Waals surface area contributed by atoms with Crippen LogP contribution in [0.5, 0.6) is 5.75 Å². The van der Waals surface area contributed by atoms with E-state index < -0.39 is 11.6 Å². The number of piperidine rings is 2. The van der Waals surface area contributed by atoms with Crippen molar-refractivity contribution in [2.24, 2.45) is 24.8 Å². The molecule has 2 saturated heterocycles. The van der Waals surface area contributed by atoms with Crippen LogP contribution in [-0.4, -0.2) is 73.9 Å². The summed E-state index contributed by atoms with van der Waals surface area (Å²) in [6.45, 7) is 4.57. The summed E-state index contributed by atoms with van der Waals surface area (Å²) in [5.41, 5.74) is 1.38. The minimum Gasteiger partial charge on any atom is -0.493 e. The summed E-state index contributed by atoms with van der Waals surface area (Å²) in [4.78, 5) is 42.2. The van der Waals surface area contributed by atoms with Crippen molar-refractivity contribution in [3.05, 3.63) is 47.5 Å². The molecular weight excluding hydrogens is 482 g/mol. The zero-order chi connectivity index (χ0) is 25.8. The Kier molecular flexibility index (Phi) is 5.80. The van der Waals surface area contributed by atoms with Gasteiger partial charge in [-0.25, -0.2) is 23.7 Å². The van der Waals surface area contributed by atoms with Crippen molar-refractivity contribution < 1.29 is 23.1 Å². The van der Waals surface area contributed by atoms with Gasteiger partial charge in [0.05, 0.1) is 12.8 Å². The summed E-state index contributed by atoms with van der Waals surface area (Å²) >= 11 is 0. The number of halogens is 2. The van der Waals surface area contributed by atoms with E-state index in [1.807, 2.05) is 16.5 Å². The first-order valence-corrected chi connectivity index (χ1v) is 12.6. The van der Waals surface area contributed by atoms with Crippen molar-refractivity contribution in [3.63, 3.8) is 0 Å². The molecule has 1 aromatic carbocycles. The molecule has 0 radical (unpaired) electrons. The van der Waals surface area contributed by atoms with Crippen LogP contribution in [0.1, 0.15) is 42.0 Å². The van der Waals surface area contributed by atoms with Gasteiger partial charge in [-0.05, 0) is 24.7 Å². The maximum Gasteiger partial charge on any atom is 0.274 e. The first kappa shape index (κ1) is 23.7. The summed E-state index contributed by atoms with van der Waals surface area (Å²) in [6.07, 6.45) is 3.15. The van der Waals surface area contributed by atoms with E-state index in [4.69, 9.17) is 4.74 Å². The number of amides is 2.